The van der Waals surface area contributed by atoms with Gasteiger partial charge in [-0.2, -0.15) is 0 Å². The Morgan fingerprint density at radius 2 is 2.14 bits per heavy atom. The molecule has 1 heterocycles. The summed E-state index contributed by atoms with van der Waals surface area (Å²) in [7, 11) is 3.28. The molecule has 1 aromatic rings. The monoisotopic (exact) mass is 357 g/mol. The fourth-order valence-electron chi connectivity index (χ4n) is 2.50. The van der Waals surface area contributed by atoms with Crippen LogP contribution in [0.4, 0.5) is 5.69 Å². The summed E-state index contributed by atoms with van der Waals surface area (Å²) in [5.74, 6) is 1.38. The lowest BCUT2D eigenvalue weighted by Crippen LogP contribution is -2.43. The van der Waals surface area contributed by atoms with Crippen LogP contribution in [0, 0.1) is 5.41 Å². The molecule has 1 aromatic carbocycles. The van der Waals surface area contributed by atoms with Crippen LogP contribution in [0.3, 0.4) is 0 Å². The molecule has 0 saturated heterocycles. The number of aldehydes is 1. The zero-order chi connectivity index (χ0) is 15.6. The van der Waals surface area contributed by atoms with E-state index in [1.165, 1.54) is 0 Å². The average Bonchev–Trinajstić information content (AvgIpc) is 2.74. The highest BCUT2D eigenvalue weighted by Gasteiger charge is 2.35. The number of rotatable bonds is 6. The fourth-order valence-corrected chi connectivity index (χ4v) is 2.99. The molecule has 21 heavy (non-hydrogen) atoms. The molecule has 1 unspecified atom stereocenters. The van der Waals surface area contributed by atoms with Crippen LogP contribution in [0.5, 0.6) is 11.5 Å². The summed E-state index contributed by atoms with van der Waals surface area (Å²) in [5, 5.41) is 0. The van der Waals surface area contributed by atoms with Crippen molar-refractivity contribution in [3.05, 3.63) is 16.6 Å². The van der Waals surface area contributed by atoms with Gasteiger partial charge in [0, 0.05) is 31.2 Å². The molecule has 0 saturated carbocycles. The van der Waals surface area contributed by atoms with E-state index in [0.29, 0.717) is 24.7 Å². The van der Waals surface area contributed by atoms with Crippen LogP contribution in [-0.4, -0.2) is 39.9 Å². The molecule has 0 fully saturated rings. The predicted octanol–water partition coefficient (Wildman–Crippen LogP) is 2.85. The van der Waals surface area contributed by atoms with Gasteiger partial charge in [-0.05, 0) is 15.9 Å². The quantitative estimate of drug-likeness (QED) is 0.732. The largest absolute Gasteiger partial charge is 0.495 e. The van der Waals surface area contributed by atoms with Crippen molar-refractivity contribution < 1.29 is 19.0 Å². The van der Waals surface area contributed by atoms with Crippen LogP contribution in [0.25, 0.3) is 0 Å². The number of carbonyl (C=O) groups is 1. The molecule has 0 radical (unpaired) electrons. The summed E-state index contributed by atoms with van der Waals surface area (Å²) >= 11 is 3.43. The Hall–Kier alpha value is -1.27. The second-order valence-electron chi connectivity index (χ2n) is 5.82. The minimum absolute atomic E-state index is 0.110. The van der Waals surface area contributed by atoms with E-state index in [1.54, 1.807) is 14.2 Å². The first-order valence-electron chi connectivity index (χ1n) is 6.67. The standard InChI is InChI=1S/C15H20BrNO4/c1-15(2,9-19-3)8-17-11-6-12(20-4)10(16)5-13(11)21-14(17)7-18/h5-7,14H,8-9H2,1-4H3. The van der Waals surface area contributed by atoms with E-state index in [4.69, 9.17) is 14.2 Å². The number of nitrogens with zero attached hydrogens (tertiary/aromatic N) is 1. The minimum Gasteiger partial charge on any atom is -0.495 e. The second kappa shape index (κ2) is 6.23. The number of hydrogen-bond donors (Lipinski definition) is 0. The molecule has 1 atom stereocenters. The first kappa shape index (κ1) is 16.1. The third-order valence-corrected chi connectivity index (χ3v) is 3.97. The zero-order valence-corrected chi connectivity index (χ0v) is 14.3. The van der Waals surface area contributed by atoms with Gasteiger partial charge in [0.1, 0.15) is 11.5 Å². The number of benzene rings is 1. The Balaban J connectivity index is 2.35. The van der Waals surface area contributed by atoms with Gasteiger partial charge in [0.15, 0.2) is 6.29 Å². The predicted molar refractivity (Wildman–Crippen MR) is 84.2 cm³/mol. The van der Waals surface area contributed by atoms with E-state index >= 15 is 0 Å². The Labute approximate surface area is 133 Å². The summed E-state index contributed by atoms with van der Waals surface area (Å²) in [6, 6.07) is 3.71. The number of halogens is 1. The van der Waals surface area contributed by atoms with Crippen LogP contribution in [0.2, 0.25) is 0 Å². The molecule has 0 amide bonds. The molecule has 0 aliphatic carbocycles. The van der Waals surface area contributed by atoms with E-state index < -0.39 is 6.23 Å². The molecular formula is C15H20BrNO4. The van der Waals surface area contributed by atoms with Gasteiger partial charge in [-0.25, -0.2) is 0 Å². The van der Waals surface area contributed by atoms with Crippen LogP contribution in [-0.2, 0) is 9.53 Å². The SMILES string of the molecule is COCC(C)(C)CN1c2cc(OC)c(Br)cc2OC1C=O. The van der Waals surface area contributed by atoms with Crippen LogP contribution in [0.1, 0.15) is 13.8 Å². The van der Waals surface area contributed by atoms with Gasteiger partial charge in [0.2, 0.25) is 6.23 Å². The third kappa shape index (κ3) is 3.32. The third-order valence-electron chi connectivity index (χ3n) is 3.35. The maximum Gasteiger partial charge on any atom is 0.229 e. The number of anilines is 1. The number of methoxy groups -OCH3 is 2. The lowest BCUT2D eigenvalue weighted by molar-refractivity contribution is -0.113. The van der Waals surface area contributed by atoms with Gasteiger partial charge in [-0.3, -0.25) is 4.79 Å². The first-order valence-corrected chi connectivity index (χ1v) is 7.46. The van der Waals surface area contributed by atoms with Crippen molar-refractivity contribution in [3.63, 3.8) is 0 Å². The van der Waals surface area contributed by atoms with Crippen molar-refractivity contribution in [2.75, 3.05) is 32.3 Å². The second-order valence-corrected chi connectivity index (χ2v) is 6.68. The molecule has 1 aliphatic rings. The molecule has 0 spiro atoms. The van der Waals surface area contributed by atoms with Gasteiger partial charge >= 0.3 is 0 Å². The average molecular weight is 358 g/mol. The van der Waals surface area contributed by atoms with Gasteiger partial charge in [0.05, 0.1) is 23.9 Å². The van der Waals surface area contributed by atoms with Gasteiger partial charge in [-0.1, -0.05) is 13.8 Å². The van der Waals surface area contributed by atoms with Gasteiger partial charge in [0.25, 0.3) is 0 Å². The van der Waals surface area contributed by atoms with Crippen molar-refractivity contribution in [2.24, 2.45) is 5.41 Å². The summed E-state index contributed by atoms with van der Waals surface area (Å²) in [6.07, 6.45) is 0.193. The van der Waals surface area contributed by atoms with Crippen LogP contribution in [0.15, 0.2) is 16.6 Å². The molecule has 116 valence electrons. The van der Waals surface area contributed by atoms with Crippen molar-refractivity contribution >= 4 is 27.9 Å². The van der Waals surface area contributed by atoms with Crippen LogP contribution >= 0.6 is 15.9 Å². The molecule has 5 nitrogen and oxygen atoms in total. The maximum atomic E-state index is 11.3. The van der Waals surface area contributed by atoms with Crippen molar-refractivity contribution in [1.82, 2.24) is 0 Å². The number of ether oxygens (including phenoxy) is 3. The Kier molecular flexibility index (Phi) is 4.78. The molecule has 0 N–H and O–H groups in total. The summed E-state index contributed by atoms with van der Waals surface area (Å²) in [5.41, 5.74) is 0.748. The molecule has 0 bridgehead atoms. The van der Waals surface area contributed by atoms with E-state index in [9.17, 15) is 4.79 Å². The highest BCUT2D eigenvalue weighted by atomic mass is 79.9. The van der Waals surface area contributed by atoms with Crippen molar-refractivity contribution in [3.8, 4) is 11.5 Å². The Bertz CT molecular complexity index is 533. The fraction of sp³-hybridized carbons (Fsp3) is 0.533. The zero-order valence-electron chi connectivity index (χ0n) is 12.7. The van der Waals surface area contributed by atoms with Crippen molar-refractivity contribution in [1.29, 1.82) is 0 Å². The number of fused-ring (bicyclic) bond motifs is 1. The molecular weight excluding hydrogens is 338 g/mol. The number of hydrogen-bond acceptors (Lipinski definition) is 5. The molecule has 1 aliphatic heterocycles. The number of carbonyl (C=O) groups excluding carboxylic acids is 1. The van der Waals surface area contributed by atoms with Crippen molar-refractivity contribution in [2.45, 2.75) is 20.1 Å². The molecule has 0 aromatic heterocycles. The first-order chi connectivity index (χ1) is 9.91. The minimum atomic E-state index is -0.616. The van der Waals surface area contributed by atoms with Crippen LogP contribution < -0.4 is 14.4 Å². The molecule has 2 rings (SSSR count). The van der Waals surface area contributed by atoms with E-state index in [0.717, 1.165) is 16.4 Å². The topological polar surface area (TPSA) is 48.0 Å². The van der Waals surface area contributed by atoms with Gasteiger partial charge < -0.3 is 19.1 Å². The summed E-state index contributed by atoms with van der Waals surface area (Å²) < 4.78 is 17.1. The van der Waals surface area contributed by atoms with Gasteiger partial charge in [-0.15, -0.1) is 0 Å². The highest BCUT2D eigenvalue weighted by Crippen LogP contribution is 2.44. The smallest absolute Gasteiger partial charge is 0.229 e. The molecule has 6 heteroatoms. The lowest BCUT2D eigenvalue weighted by Gasteiger charge is -2.32. The highest BCUT2D eigenvalue weighted by molar-refractivity contribution is 9.10. The normalized spacial score (nSPS) is 17.4. The summed E-state index contributed by atoms with van der Waals surface area (Å²) in [4.78, 5) is 13.3. The maximum absolute atomic E-state index is 11.3. The Morgan fingerprint density at radius 1 is 1.43 bits per heavy atom. The van der Waals surface area contributed by atoms with E-state index in [1.807, 2.05) is 17.0 Å². The Morgan fingerprint density at radius 3 is 2.71 bits per heavy atom. The summed E-state index contributed by atoms with van der Waals surface area (Å²) in [6.45, 7) is 5.42. The van der Waals surface area contributed by atoms with E-state index in [-0.39, 0.29) is 5.41 Å². The lowest BCUT2D eigenvalue weighted by atomic mass is 9.93. The van der Waals surface area contributed by atoms with E-state index in [2.05, 4.69) is 29.8 Å².